The van der Waals surface area contributed by atoms with E-state index in [0.29, 0.717) is 12.5 Å². The van der Waals surface area contributed by atoms with E-state index in [0.717, 1.165) is 23.3 Å². The van der Waals surface area contributed by atoms with Gasteiger partial charge in [-0.15, -0.1) is 0 Å². The maximum absolute atomic E-state index is 12.2. The van der Waals surface area contributed by atoms with Crippen molar-refractivity contribution in [3.8, 4) is 0 Å². The first-order valence-electron chi connectivity index (χ1n) is 6.97. The molecule has 0 bridgehead atoms. The minimum absolute atomic E-state index is 0.201. The van der Waals surface area contributed by atoms with E-state index in [9.17, 15) is 4.79 Å². The van der Waals surface area contributed by atoms with Crippen molar-refractivity contribution in [3.63, 3.8) is 0 Å². The highest BCUT2D eigenvalue weighted by molar-refractivity contribution is 5.80. The topological polar surface area (TPSA) is 57.0 Å². The van der Waals surface area contributed by atoms with Gasteiger partial charge in [-0.2, -0.15) is 0 Å². The Balaban J connectivity index is 2.44. The zero-order valence-corrected chi connectivity index (χ0v) is 12.5. The summed E-state index contributed by atoms with van der Waals surface area (Å²) in [4.78, 5) is 20.9. The summed E-state index contributed by atoms with van der Waals surface area (Å²) in [7, 11) is 1.92. The van der Waals surface area contributed by atoms with Gasteiger partial charge >= 0.3 is 5.97 Å². The molecular weight excluding hydrogens is 254 g/mol. The Bertz CT molecular complexity index is 604. The summed E-state index contributed by atoms with van der Waals surface area (Å²) in [5.74, 6) is 0.613. The van der Waals surface area contributed by atoms with Crippen LogP contribution in [0.15, 0.2) is 18.5 Å². The predicted molar refractivity (Wildman–Crippen MR) is 77.3 cm³/mol. The molecule has 5 nitrogen and oxygen atoms in total. The smallest absolute Gasteiger partial charge is 0.316 e. The van der Waals surface area contributed by atoms with E-state index in [1.807, 2.05) is 24.6 Å². The predicted octanol–water partition coefficient (Wildman–Crippen LogP) is 2.66. The number of hydrogen-bond acceptors (Lipinski definition) is 4. The zero-order valence-electron chi connectivity index (χ0n) is 12.5. The Hall–Kier alpha value is -1.91. The third-order valence-corrected chi connectivity index (χ3v) is 3.31. The maximum Gasteiger partial charge on any atom is 0.316 e. The molecule has 2 aromatic rings. The van der Waals surface area contributed by atoms with E-state index in [-0.39, 0.29) is 11.9 Å². The number of pyridine rings is 1. The lowest BCUT2D eigenvalue weighted by molar-refractivity contribution is -0.145. The molecule has 2 aromatic heterocycles. The average molecular weight is 275 g/mol. The van der Waals surface area contributed by atoms with Crippen LogP contribution in [0.3, 0.4) is 0 Å². The quantitative estimate of drug-likeness (QED) is 0.787. The average Bonchev–Trinajstić information content (AvgIpc) is 2.74. The summed E-state index contributed by atoms with van der Waals surface area (Å²) in [6.07, 6.45) is 4.20. The molecule has 1 unspecified atom stereocenters. The van der Waals surface area contributed by atoms with Gasteiger partial charge in [0.15, 0.2) is 0 Å². The standard InChI is InChI=1S/C15H21N3O2/c1-5-20-15(19)11(8-10(2)3)14-17-12-6-7-16-9-13(12)18(14)4/h6-7,9-11H,5,8H2,1-4H3. The third-order valence-electron chi connectivity index (χ3n) is 3.31. The van der Waals surface area contributed by atoms with Crippen molar-refractivity contribution < 1.29 is 9.53 Å². The summed E-state index contributed by atoms with van der Waals surface area (Å²) in [6, 6.07) is 1.86. The summed E-state index contributed by atoms with van der Waals surface area (Å²) >= 11 is 0. The van der Waals surface area contributed by atoms with Crippen LogP contribution in [0.1, 0.15) is 38.9 Å². The van der Waals surface area contributed by atoms with Gasteiger partial charge in [0, 0.05) is 13.2 Å². The Labute approximate surface area is 119 Å². The minimum atomic E-state index is -0.327. The second kappa shape index (κ2) is 6.03. The van der Waals surface area contributed by atoms with Gasteiger partial charge in [0.1, 0.15) is 11.7 Å². The van der Waals surface area contributed by atoms with Crippen LogP contribution in [0.4, 0.5) is 0 Å². The summed E-state index contributed by atoms with van der Waals surface area (Å²) in [5, 5.41) is 0. The van der Waals surface area contributed by atoms with Crippen molar-refractivity contribution in [2.75, 3.05) is 6.61 Å². The molecule has 2 heterocycles. The maximum atomic E-state index is 12.2. The number of nitrogens with zero attached hydrogens (tertiary/aromatic N) is 3. The van der Waals surface area contributed by atoms with Crippen molar-refractivity contribution >= 4 is 17.0 Å². The summed E-state index contributed by atoms with van der Waals surface area (Å²) < 4.78 is 7.14. The molecule has 0 aliphatic carbocycles. The Kier molecular flexibility index (Phi) is 4.37. The van der Waals surface area contributed by atoms with E-state index in [1.54, 1.807) is 12.4 Å². The number of carbonyl (C=O) groups excluding carboxylic acids is 1. The molecular formula is C15H21N3O2. The zero-order chi connectivity index (χ0) is 14.7. The SMILES string of the molecule is CCOC(=O)C(CC(C)C)c1nc2ccncc2n1C. The number of fused-ring (bicyclic) bond motifs is 1. The molecule has 0 aliphatic heterocycles. The number of esters is 1. The normalized spacial score (nSPS) is 12.8. The number of carbonyl (C=O) groups is 1. The third kappa shape index (κ3) is 2.81. The molecule has 2 rings (SSSR count). The second-order valence-electron chi connectivity index (χ2n) is 5.33. The Morgan fingerprint density at radius 3 is 2.80 bits per heavy atom. The van der Waals surface area contributed by atoms with E-state index >= 15 is 0 Å². The van der Waals surface area contributed by atoms with Crippen LogP contribution < -0.4 is 0 Å². The van der Waals surface area contributed by atoms with Crippen molar-refractivity contribution in [1.82, 2.24) is 14.5 Å². The van der Waals surface area contributed by atoms with Crippen molar-refractivity contribution in [2.24, 2.45) is 13.0 Å². The first-order valence-corrected chi connectivity index (χ1v) is 6.97. The van der Waals surface area contributed by atoms with Crippen LogP contribution >= 0.6 is 0 Å². The van der Waals surface area contributed by atoms with Crippen LogP contribution in [-0.4, -0.2) is 27.1 Å². The second-order valence-corrected chi connectivity index (χ2v) is 5.33. The fourth-order valence-corrected chi connectivity index (χ4v) is 2.39. The fourth-order valence-electron chi connectivity index (χ4n) is 2.39. The van der Waals surface area contributed by atoms with Gasteiger partial charge in [0.2, 0.25) is 0 Å². The van der Waals surface area contributed by atoms with Gasteiger partial charge in [0.25, 0.3) is 0 Å². The monoisotopic (exact) mass is 275 g/mol. The molecule has 5 heteroatoms. The van der Waals surface area contributed by atoms with E-state index < -0.39 is 0 Å². The summed E-state index contributed by atoms with van der Waals surface area (Å²) in [6.45, 7) is 6.40. The minimum Gasteiger partial charge on any atom is -0.465 e. The van der Waals surface area contributed by atoms with Crippen LogP contribution in [0, 0.1) is 5.92 Å². The number of aryl methyl sites for hydroxylation is 1. The summed E-state index contributed by atoms with van der Waals surface area (Å²) in [5.41, 5.74) is 1.79. The molecule has 20 heavy (non-hydrogen) atoms. The molecule has 0 N–H and O–H groups in total. The highest BCUT2D eigenvalue weighted by Gasteiger charge is 2.28. The van der Waals surface area contributed by atoms with Gasteiger partial charge in [-0.05, 0) is 25.3 Å². The molecule has 0 spiro atoms. The fraction of sp³-hybridized carbons (Fsp3) is 0.533. The van der Waals surface area contributed by atoms with Crippen molar-refractivity contribution in [3.05, 3.63) is 24.3 Å². The molecule has 0 fully saturated rings. The largest absolute Gasteiger partial charge is 0.465 e. The molecule has 0 radical (unpaired) electrons. The molecule has 0 aromatic carbocycles. The molecule has 0 amide bonds. The highest BCUT2D eigenvalue weighted by Crippen LogP contribution is 2.27. The number of imidazole rings is 1. The number of aromatic nitrogens is 3. The van der Waals surface area contributed by atoms with Crippen LogP contribution in [-0.2, 0) is 16.6 Å². The lowest BCUT2D eigenvalue weighted by Crippen LogP contribution is -2.21. The molecule has 0 aliphatic rings. The van der Waals surface area contributed by atoms with Gasteiger partial charge in [-0.25, -0.2) is 4.98 Å². The van der Waals surface area contributed by atoms with Crippen molar-refractivity contribution in [2.45, 2.75) is 33.1 Å². The molecule has 1 atom stereocenters. The number of hydrogen-bond donors (Lipinski definition) is 0. The lowest BCUT2D eigenvalue weighted by Gasteiger charge is -2.17. The molecule has 108 valence electrons. The van der Waals surface area contributed by atoms with E-state index in [1.165, 1.54) is 0 Å². The number of rotatable bonds is 5. The van der Waals surface area contributed by atoms with Crippen molar-refractivity contribution in [1.29, 1.82) is 0 Å². The lowest BCUT2D eigenvalue weighted by atomic mass is 9.96. The van der Waals surface area contributed by atoms with Gasteiger partial charge in [0.05, 0.1) is 23.8 Å². The first kappa shape index (κ1) is 14.5. The molecule has 0 saturated carbocycles. The van der Waals surface area contributed by atoms with Crippen LogP contribution in [0.5, 0.6) is 0 Å². The number of ether oxygens (including phenoxy) is 1. The Morgan fingerprint density at radius 2 is 2.20 bits per heavy atom. The van der Waals surface area contributed by atoms with E-state index in [2.05, 4.69) is 23.8 Å². The van der Waals surface area contributed by atoms with E-state index in [4.69, 9.17) is 4.74 Å². The van der Waals surface area contributed by atoms with Gasteiger partial charge in [-0.3, -0.25) is 9.78 Å². The van der Waals surface area contributed by atoms with Gasteiger partial charge < -0.3 is 9.30 Å². The highest BCUT2D eigenvalue weighted by atomic mass is 16.5. The Morgan fingerprint density at radius 1 is 1.45 bits per heavy atom. The van der Waals surface area contributed by atoms with Gasteiger partial charge in [-0.1, -0.05) is 13.8 Å². The first-order chi connectivity index (χ1) is 9.54. The molecule has 0 saturated heterocycles. The van der Waals surface area contributed by atoms with Crippen LogP contribution in [0.2, 0.25) is 0 Å². The van der Waals surface area contributed by atoms with Crippen LogP contribution in [0.25, 0.3) is 11.0 Å².